The van der Waals surface area contributed by atoms with E-state index in [9.17, 15) is 4.79 Å². The van der Waals surface area contributed by atoms with Crippen LogP contribution in [0.3, 0.4) is 0 Å². The number of rotatable bonds is 8. The van der Waals surface area contributed by atoms with Gasteiger partial charge in [-0.1, -0.05) is 42.5 Å². The van der Waals surface area contributed by atoms with Crippen LogP contribution in [0.15, 0.2) is 96.5 Å². The Balaban J connectivity index is 1.29. The van der Waals surface area contributed by atoms with Gasteiger partial charge < -0.3 is 10.6 Å². The van der Waals surface area contributed by atoms with Gasteiger partial charge >= 0.3 is 0 Å². The van der Waals surface area contributed by atoms with Gasteiger partial charge in [0.25, 0.3) is 5.91 Å². The van der Waals surface area contributed by atoms with Crippen molar-refractivity contribution >= 4 is 29.2 Å². The summed E-state index contributed by atoms with van der Waals surface area (Å²) in [6.45, 7) is 0.609. The molecular weight excluding hydrogens is 406 g/mol. The second kappa shape index (κ2) is 10.4. The number of nitrogens with one attached hydrogen (secondary N) is 2. The summed E-state index contributed by atoms with van der Waals surface area (Å²) >= 11 is 1.66. The topological polar surface area (TPSA) is 79.8 Å². The molecule has 31 heavy (non-hydrogen) atoms. The SMILES string of the molecule is O=C(Nc1ccc(CNc2cncc(SCc3ccccc3)n2)cc1)c1cccnc1. The molecule has 0 aliphatic rings. The van der Waals surface area contributed by atoms with Crippen LogP contribution in [-0.4, -0.2) is 20.9 Å². The van der Waals surface area contributed by atoms with E-state index in [2.05, 4.69) is 37.7 Å². The minimum Gasteiger partial charge on any atom is -0.365 e. The maximum atomic E-state index is 12.2. The van der Waals surface area contributed by atoms with Crippen LogP contribution in [0.2, 0.25) is 0 Å². The van der Waals surface area contributed by atoms with Crippen molar-refractivity contribution in [1.82, 2.24) is 15.0 Å². The third kappa shape index (κ3) is 6.13. The van der Waals surface area contributed by atoms with Crippen molar-refractivity contribution in [3.05, 3.63) is 108 Å². The first-order valence-electron chi connectivity index (χ1n) is 9.79. The van der Waals surface area contributed by atoms with E-state index in [1.165, 1.54) is 5.56 Å². The predicted octanol–water partition coefficient (Wildman–Crippen LogP) is 5.03. The number of anilines is 2. The van der Waals surface area contributed by atoms with E-state index in [1.54, 1.807) is 48.7 Å². The molecule has 0 atom stereocenters. The van der Waals surface area contributed by atoms with Gasteiger partial charge in [0.2, 0.25) is 0 Å². The molecular formula is C24H21N5OS. The van der Waals surface area contributed by atoms with Crippen molar-refractivity contribution in [1.29, 1.82) is 0 Å². The van der Waals surface area contributed by atoms with Crippen LogP contribution in [0, 0.1) is 0 Å². The number of pyridine rings is 1. The summed E-state index contributed by atoms with van der Waals surface area (Å²) in [5.41, 5.74) is 3.58. The molecule has 0 saturated carbocycles. The predicted molar refractivity (Wildman–Crippen MR) is 124 cm³/mol. The minimum atomic E-state index is -0.181. The molecule has 0 bridgehead atoms. The molecule has 0 aliphatic carbocycles. The van der Waals surface area contributed by atoms with Crippen LogP contribution in [0.5, 0.6) is 0 Å². The molecule has 4 aromatic rings. The molecule has 2 heterocycles. The molecule has 154 valence electrons. The van der Waals surface area contributed by atoms with Crippen molar-refractivity contribution in [2.75, 3.05) is 10.6 Å². The Morgan fingerprint density at radius 1 is 0.839 bits per heavy atom. The molecule has 0 unspecified atom stereocenters. The summed E-state index contributed by atoms with van der Waals surface area (Å²) in [7, 11) is 0. The Kier molecular flexibility index (Phi) is 6.87. The summed E-state index contributed by atoms with van der Waals surface area (Å²) in [6.07, 6.45) is 6.68. The third-order valence-corrected chi connectivity index (χ3v) is 5.42. The second-order valence-corrected chi connectivity index (χ2v) is 7.76. The number of amides is 1. The molecule has 2 aromatic carbocycles. The largest absolute Gasteiger partial charge is 0.365 e. The lowest BCUT2D eigenvalue weighted by molar-refractivity contribution is 0.102. The van der Waals surface area contributed by atoms with Crippen molar-refractivity contribution < 1.29 is 4.79 Å². The molecule has 0 aliphatic heterocycles. The van der Waals surface area contributed by atoms with Crippen molar-refractivity contribution in [3.63, 3.8) is 0 Å². The van der Waals surface area contributed by atoms with E-state index in [-0.39, 0.29) is 5.91 Å². The molecule has 0 radical (unpaired) electrons. The van der Waals surface area contributed by atoms with Crippen LogP contribution < -0.4 is 10.6 Å². The summed E-state index contributed by atoms with van der Waals surface area (Å²) in [6, 6.07) is 21.4. The molecule has 2 aromatic heterocycles. The zero-order valence-corrected chi connectivity index (χ0v) is 17.5. The number of thioether (sulfide) groups is 1. The third-order valence-electron chi connectivity index (χ3n) is 4.45. The zero-order chi connectivity index (χ0) is 21.3. The van der Waals surface area contributed by atoms with E-state index in [0.29, 0.717) is 12.1 Å². The Morgan fingerprint density at radius 3 is 2.45 bits per heavy atom. The fraction of sp³-hybridized carbons (Fsp3) is 0.0833. The first-order chi connectivity index (χ1) is 15.3. The summed E-state index contributed by atoms with van der Waals surface area (Å²) in [5, 5.41) is 7.05. The molecule has 0 spiro atoms. The Morgan fingerprint density at radius 2 is 1.68 bits per heavy atom. The number of nitrogens with zero attached hydrogens (tertiary/aromatic N) is 3. The van der Waals surface area contributed by atoms with E-state index in [1.807, 2.05) is 42.5 Å². The highest BCUT2D eigenvalue weighted by molar-refractivity contribution is 7.98. The summed E-state index contributed by atoms with van der Waals surface area (Å²) in [4.78, 5) is 25.1. The van der Waals surface area contributed by atoms with E-state index in [4.69, 9.17) is 0 Å². The maximum Gasteiger partial charge on any atom is 0.257 e. The van der Waals surface area contributed by atoms with Crippen molar-refractivity contribution in [3.8, 4) is 0 Å². The van der Waals surface area contributed by atoms with Gasteiger partial charge in [0, 0.05) is 30.4 Å². The molecule has 1 amide bonds. The number of hydrogen-bond acceptors (Lipinski definition) is 6. The van der Waals surface area contributed by atoms with Gasteiger partial charge in [-0.05, 0) is 35.4 Å². The van der Waals surface area contributed by atoms with Crippen LogP contribution >= 0.6 is 11.8 Å². The summed E-state index contributed by atoms with van der Waals surface area (Å²) < 4.78 is 0. The van der Waals surface area contributed by atoms with Crippen molar-refractivity contribution in [2.24, 2.45) is 0 Å². The van der Waals surface area contributed by atoms with Crippen LogP contribution in [0.25, 0.3) is 0 Å². The Bertz CT molecular complexity index is 1120. The highest BCUT2D eigenvalue weighted by atomic mass is 32.2. The molecule has 0 saturated heterocycles. The van der Waals surface area contributed by atoms with Crippen LogP contribution in [-0.2, 0) is 12.3 Å². The van der Waals surface area contributed by atoms with E-state index in [0.717, 1.165) is 27.8 Å². The van der Waals surface area contributed by atoms with E-state index >= 15 is 0 Å². The average molecular weight is 428 g/mol. The van der Waals surface area contributed by atoms with Gasteiger partial charge in [-0.25, -0.2) is 4.98 Å². The van der Waals surface area contributed by atoms with Gasteiger partial charge in [0.05, 0.1) is 18.0 Å². The number of benzene rings is 2. The van der Waals surface area contributed by atoms with Gasteiger partial charge in [0.15, 0.2) is 0 Å². The number of aromatic nitrogens is 3. The minimum absolute atomic E-state index is 0.181. The summed E-state index contributed by atoms with van der Waals surface area (Å²) in [5.74, 6) is 1.40. The number of carbonyl (C=O) groups is 1. The maximum absolute atomic E-state index is 12.2. The van der Waals surface area contributed by atoms with Gasteiger partial charge in [-0.2, -0.15) is 0 Å². The molecule has 2 N–H and O–H groups in total. The van der Waals surface area contributed by atoms with E-state index < -0.39 is 0 Å². The van der Waals surface area contributed by atoms with Gasteiger partial charge in [-0.15, -0.1) is 11.8 Å². The quantitative estimate of drug-likeness (QED) is 0.384. The average Bonchev–Trinajstić information content (AvgIpc) is 2.84. The molecule has 4 rings (SSSR count). The fourth-order valence-corrected chi connectivity index (χ4v) is 3.64. The molecule has 6 nitrogen and oxygen atoms in total. The lowest BCUT2D eigenvalue weighted by Gasteiger charge is -2.09. The van der Waals surface area contributed by atoms with Crippen molar-refractivity contribution in [2.45, 2.75) is 17.3 Å². The van der Waals surface area contributed by atoms with Gasteiger partial charge in [-0.3, -0.25) is 14.8 Å². The first-order valence-corrected chi connectivity index (χ1v) is 10.8. The van der Waals surface area contributed by atoms with Crippen LogP contribution in [0.1, 0.15) is 21.5 Å². The smallest absolute Gasteiger partial charge is 0.257 e. The monoisotopic (exact) mass is 427 g/mol. The highest BCUT2D eigenvalue weighted by Crippen LogP contribution is 2.21. The second-order valence-electron chi connectivity index (χ2n) is 6.76. The lowest BCUT2D eigenvalue weighted by atomic mass is 10.2. The Hall–Kier alpha value is -3.71. The zero-order valence-electron chi connectivity index (χ0n) is 16.7. The van der Waals surface area contributed by atoms with Crippen LogP contribution in [0.4, 0.5) is 11.5 Å². The van der Waals surface area contributed by atoms with Gasteiger partial charge in [0.1, 0.15) is 10.8 Å². The lowest BCUT2D eigenvalue weighted by Crippen LogP contribution is -2.12. The highest BCUT2D eigenvalue weighted by Gasteiger charge is 2.06. The normalized spacial score (nSPS) is 10.5. The standard InChI is InChI=1S/C24H21N5OS/c30-24(20-7-4-12-25-14-20)28-21-10-8-18(9-11-21)13-27-22-15-26-16-23(29-22)31-17-19-5-2-1-3-6-19/h1-12,14-16H,13,17H2,(H,27,29)(H,28,30). The molecule has 7 heteroatoms. The molecule has 0 fully saturated rings. The first kappa shape index (κ1) is 20.6. The number of hydrogen-bond donors (Lipinski definition) is 2. The number of carbonyl (C=O) groups excluding carboxylic acids is 1. The Labute approximate surface area is 185 Å². The fourth-order valence-electron chi connectivity index (χ4n) is 2.83.